The largest absolute Gasteiger partial charge is 0.509 e. The van der Waals surface area contributed by atoms with Gasteiger partial charge < -0.3 is 9.47 Å². The second kappa shape index (κ2) is 8.17. The molecule has 106 valence electrons. The molecule has 0 radical (unpaired) electrons. The predicted molar refractivity (Wildman–Crippen MR) is 74.6 cm³/mol. The Kier molecular flexibility index (Phi) is 7.72. The van der Waals surface area contributed by atoms with E-state index in [2.05, 4.69) is 20.4 Å². The third-order valence-electron chi connectivity index (χ3n) is 3.23. The van der Waals surface area contributed by atoms with Crippen molar-refractivity contribution in [2.75, 3.05) is 0 Å². The molecule has 0 aliphatic rings. The average molecular weight is 256 g/mol. The fraction of sp³-hybridized carbons (Fsp3) is 0.800. The van der Waals surface area contributed by atoms with Crippen LogP contribution in [0.15, 0.2) is 12.7 Å². The van der Waals surface area contributed by atoms with Gasteiger partial charge in [0.2, 0.25) is 0 Å². The summed E-state index contributed by atoms with van der Waals surface area (Å²) >= 11 is 0. The van der Waals surface area contributed by atoms with Gasteiger partial charge in [-0.1, -0.05) is 47.1 Å². The van der Waals surface area contributed by atoms with Gasteiger partial charge >= 0.3 is 6.16 Å². The van der Waals surface area contributed by atoms with E-state index in [4.69, 9.17) is 9.47 Å². The lowest BCUT2D eigenvalue weighted by atomic mass is 9.92. The lowest BCUT2D eigenvalue weighted by Gasteiger charge is -2.30. The number of hydrogen-bond donors (Lipinski definition) is 0. The standard InChI is InChI=1S/C15H28O3/c1-7-10-15(9-3,11-8-2)18-14(16)17-13(6)12(4)5/h9,12-13H,3,7-8,10-11H2,1-2,4-6H3. The molecule has 18 heavy (non-hydrogen) atoms. The minimum Gasteiger partial charge on any atom is -0.431 e. The highest BCUT2D eigenvalue weighted by Gasteiger charge is 2.30. The maximum Gasteiger partial charge on any atom is 0.509 e. The van der Waals surface area contributed by atoms with Gasteiger partial charge in [0, 0.05) is 0 Å². The van der Waals surface area contributed by atoms with E-state index in [9.17, 15) is 4.79 Å². The first kappa shape index (κ1) is 17.0. The summed E-state index contributed by atoms with van der Waals surface area (Å²) in [5.41, 5.74) is -0.572. The zero-order valence-electron chi connectivity index (χ0n) is 12.5. The number of rotatable bonds is 8. The molecule has 0 aliphatic heterocycles. The van der Waals surface area contributed by atoms with Gasteiger partial charge in [-0.05, 0) is 31.8 Å². The van der Waals surface area contributed by atoms with Crippen LogP contribution in [0.25, 0.3) is 0 Å². The van der Waals surface area contributed by atoms with Gasteiger partial charge in [0.1, 0.15) is 11.7 Å². The number of ether oxygens (including phenoxy) is 2. The van der Waals surface area contributed by atoms with E-state index in [1.807, 2.05) is 20.8 Å². The van der Waals surface area contributed by atoms with Crippen molar-refractivity contribution in [3.05, 3.63) is 12.7 Å². The Morgan fingerprint density at radius 3 is 2.06 bits per heavy atom. The molecule has 0 spiro atoms. The van der Waals surface area contributed by atoms with Crippen LogP contribution < -0.4 is 0 Å². The van der Waals surface area contributed by atoms with Crippen molar-refractivity contribution in [2.24, 2.45) is 5.92 Å². The molecular formula is C15H28O3. The van der Waals surface area contributed by atoms with Gasteiger partial charge in [0.15, 0.2) is 0 Å². The molecule has 1 unspecified atom stereocenters. The van der Waals surface area contributed by atoms with Crippen LogP contribution in [0.1, 0.15) is 60.3 Å². The molecule has 0 bridgehead atoms. The molecule has 0 fully saturated rings. The van der Waals surface area contributed by atoms with Crippen molar-refractivity contribution in [1.29, 1.82) is 0 Å². The first-order valence-electron chi connectivity index (χ1n) is 6.94. The highest BCUT2D eigenvalue weighted by Crippen LogP contribution is 2.26. The number of carbonyl (C=O) groups is 1. The second-order valence-corrected chi connectivity index (χ2v) is 5.19. The Labute approximate surface area is 112 Å². The van der Waals surface area contributed by atoms with Crippen LogP contribution in [-0.4, -0.2) is 17.9 Å². The van der Waals surface area contributed by atoms with Gasteiger partial charge in [0.25, 0.3) is 0 Å². The van der Waals surface area contributed by atoms with E-state index >= 15 is 0 Å². The third kappa shape index (κ3) is 5.56. The van der Waals surface area contributed by atoms with Crippen molar-refractivity contribution in [3.8, 4) is 0 Å². The number of carbonyl (C=O) groups excluding carboxylic acids is 1. The molecule has 3 heteroatoms. The highest BCUT2D eigenvalue weighted by molar-refractivity contribution is 5.61. The van der Waals surface area contributed by atoms with Crippen molar-refractivity contribution >= 4 is 6.16 Å². The zero-order valence-corrected chi connectivity index (χ0v) is 12.5. The average Bonchev–Trinajstić information content (AvgIpc) is 2.29. The summed E-state index contributed by atoms with van der Waals surface area (Å²) < 4.78 is 10.8. The first-order chi connectivity index (χ1) is 8.40. The van der Waals surface area contributed by atoms with Gasteiger partial charge in [0.05, 0.1) is 0 Å². The molecule has 0 aliphatic carbocycles. The maximum atomic E-state index is 11.8. The second-order valence-electron chi connectivity index (χ2n) is 5.19. The van der Waals surface area contributed by atoms with Crippen molar-refractivity contribution in [1.82, 2.24) is 0 Å². The van der Waals surface area contributed by atoms with E-state index in [0.29, 0.717) is 0 Å². The minimum absolute atomic E-state index is 0.136. The van der Waals surface area contributed by atoms with Crippen LogP contribution in [0.2, 0.25) is 0 Å². The molecular weight excluding hydrogens is 228 g/mol. The summed E-state index contributed by atoms with van der Waals surface area (Å²) in [5.74, 6) is 0.285. The molecule has 0 amide bonds. The van der Waals surface area contributed by atoms with Crippen LogP contribution in [0, 0.1) is 5.92 Å². The van der Waals surface area contributed by atoms with Gasteiger partial charge in [-0.3, -0.25) is 0 Å². The van der Waals surface area contributed by atoms with Gasteiger partial charge in [-0.2, -0.15) is 0 Å². The smallest absolute Gasteiger partial charge is 0.431 e. The summed E-state index contributed by atoms with van der Waals surface area (Å²) in [6, 6.07) is 0. The normalized spacial score (nSPS) is 13.2. The van der Waals surface area contributed by atoms with E-state index < -0.39 is 11.8 Å². The molecule has 3 nitrogen and oxygen atoms in total. The molecule has 0 rings (SSSR count). The predicted octanol–water partition coefficient (Wildman–Crippen LogP) is 4.71. The topological polar surface area (TPSA) is 35.5 Å². The van der Waals surface area contributed by atoms with Crippen LogP contribution in [0.4, 0.5) is 4.79 Å². The molecule has 0 aromatic carbocycles. The van der Waals surface area contributed by atoms with Crippen molar-refractivity contribution in [2.45, 2.75) is 72.0 Å². The summed E-state index contributed by atoms with van der Waals surface area (Å²) in [7, 11) is 0. The highest BCUT2D eigenvalue weighted by atomic mass is 16.7. The summed E-state index contributed by atoms with van der Waals surface area (Å²) in [6.45, 7) is 13.8. The summed E-state index contributed by atoms with van der Waals surface area (Å²) in [4.78, 5) is 11.8. The third-order valence-corrected chi connectivity index (χ3v) is 3.23. The van der Waals surface area contributed by atoms with Crippen LogP contribution in [0.5, 0.6) is 0 Å². The monoisotopic (exact) mass is 256 g/mol. The SMILES string of the molecule is C=CC(CCC)(CCC)OC(=O)OC(C)C(C)C. The summed E-state index contributed by atoms with van der Waals surface area (Å²) in [5, 5.41) is 0. The molecule has 0 heterocycles. The van der Waals surface area contributed by atoms with Crippen LogP contribution >= 0.6 is 0 Å². The molecule has 1 atom stereocenters. The van der Waals surface area contributed by atoms with E-state index in [0.717, 1.165) is 25.7 Å². The lowest BCUT2D eigenvalue weighted by Crippen LogP contribution is -2.34. The van der Waals surface area contributed by atoms with E-state index in [-0.39, 0.29) is 12.0 Å². The summed E-state index contributed by atoms with van der Waals surface area (Å²) in [6.07, 6.45) is 4.48. The maximum absolute atomic E-state index is 11.8. The van der Waals surface area contributed by atoms with E-state index in [1.54, 1.807) is 6.08 Å². The minimum atomic E-state index is -0.585. The molecule has 0 N–H and O–H groups in total. The van der Waals surface area contributed by atoms with Crippen molar-refractivity contribution < 1.29 is 14.3 Å². The van der Waals surface area contributed by atoms with E-state index in [1.165, 1.54) is 0 Å². The van der Waals surface area contributed by atoms with Crippen LogP contribution in [0.3, 0.4) is 0 Å². The Bertz CT molecular complexity index is 252. The molecule has 0 saturated heterocycles. The molecule has 0 aromatic heterocycles. The quantitative estimate of drug-likeness (QED) is 0.466. The Morgan fingerprint density at radius 1 is 1.22 bits per heavy atom. The Hall–Kier alpha value is -0.990. The Morgan fingerprint density at radius 2 is 1.72 bits per heavy atom. The fourth-order valence-electron chi connectivity index (χ4n) is 1.80. The lowest BCUT2D eigenvalue weighted by molar-refractivity contribution is -0.0407. The molecule has 0 aromatic rings. The fourth-order valence-corrected chi connectivity index (χ4v) is 1.80. The van der Waals surface area contributed by atoms with Crippen molar-refractivity contribution in [3.63, 3.8) is 0 Å². The molecule has 0 saturated carbocycles. The Balaban J connectivity index is 4.56. The first-order valence-corrected chi connectivity index (χ1v) is 6.94. The number of hydrogen-bond acceptors (Lipinski definition) is 3. The zero-order chi connectivity index (χ0) is 14.2. The van der Waals surface area contributed by atoms with Gasteiger partial charge in [-0.25, -0.2) is 4.79 Å². The van der Waals surface area contributed by atoms with Crippen LogP contribution in [-0.2, 0) is 9.47 Å². The van der Waals surface area contributed by atoms with Gasteiger partial charge in [-0.15, -0.1) is 0 Å².